The number of imide groups is 1. The molecule has 0 radical (unpaired) electrons. The Balaban J connectivity index is 2.42. The molecule has 0 aliphatic heterocycles. The van der Waals surface area contributed by atoms with Crippen LogP contribution in [0.3, 0.4) is 0 Å². The summed E-state index contributed by atoms with van der Waals surface area (Å²) in [4.78, 5) is 23.7. The molecule has 5 nitrogen and oxygen atoms in total. The number of carbonyl (C=O) groups is 2. The van der Waals surface area contributed by atoms with Crippen molar-refractivity contribution < 1.29 is 14.3 Å². The Bertz CT molecular complexity index is 379. The highest BCUT2D eigenvalue weighted by Gasteiger charge is 2.16. The summed E-state index contributed by atoms with van der Waals surface area (Å²) >= 11 is 0. The quantitative estimate of drug-likeness (QED) is 0.873. The van der Waals surface area contributed by atoms with Gasteiger partial charge in [-0.25, -0.2) is 14.5 Å². The molecule has 0 bridgehead atoms. The van der Waals surface area contributed by atoms with Crippen molar-refractivity contribution in [2.45, 2.75) is 13.5 Å². The lowest BCUT2D eigenvalue weighted by Crippen LogP contribution is -2.41. The molecule has 0 fully saturated rings. The molecule has 0 heterocycles. The highest BCUT2D eigenvalue weighted by Crippen LogP contribution is 1.98. The monoisotopic (exact) mass is 236 g/mol. The smallest absolute Gasteiger partial charge is 0.417 e. The van der Waals surface area contributed by atoms with E-state index in [0.717, 1.165) is 10.5 Å². The maximum atomic E-state index is 11.5. The Morgan fingerprint density at radius 2 is 1.94 bits per heavy atom. The Hall–Kier alpha value is -2.04. The molecule has 0 atom stereocenters. The van der Waals surface area contributed by atoms with E-state index in [2.05, 4.69) is 5.32 Å². The first-order valence-electron chi connectivity index (χ1n) is 5.37. The Labute approximate surface area is 100 Å². The van der Waals surface area contributed by atoms with Gasteiger partial charge in [0.15, 0.2) is 0 Å². The van der Waals surface area contributed by atoms with Crippen molar-refractivity contribution in [3.63, 3.8) is 0 Å². The van der Waals surface area contributed by atoms with E-state index in [1.807, 2.05) is 30.3 Å². The van der Waals surface area contributed by atoms with E-state index in [-0.39, 0.29) is 6.61 Å². The molecule has 0 unspecified atom stereocenters. The minimum Gasteiger partial charge on any atom is -0.449 e. The number of amides is 3. The zero-order valence-corrected chi connectivity index (χ0v) is 9.97. The average molecular weight is 236 g/mol. The first-order chi connectivity index (χ1) is 8.15. The van der Waals surface area contributed by atoms with E-state index >= 15 is 0 Å². The van der Waals surface area contributed by atoms with Crippen molar-refractivity contribution in [1.82, 2.24) is 10.2 Å². The largest absolute Gasteiger partial charge is 0.449 e. The molecule has 0 saturated carbocycles. The first-order valence-corrected chi connectivity index (χ1v) is 5.37. The zero-order valence-electron chi connectivity index (χ0n) is 9.97. The van der Waals surface area contributed by atoms with Gasteiger partial charge in [-0.2, -0.15) is 0 Å². The molecule has 1 rings (SSSR count). The fourth-order valence-electron chi connectivity index (χ4n) is 1.20. The molecule has 5 heteroatoms. The molecule has 0 aliphatic carbocycles. The van der Waals surface area contributed by atoms with Crippen LogP contribution in [0.1, 0.15) is 12.5 Å². The molecule has 0 aromatic heterocycles. The minimum absolute atomic E-state index is 0.245. The van der Waals surface area contributed by atoms with Gasteiger partial charge in [-0.1, -0.05) is 30.3 Å². The SMILES string of the molecule is CCOC(=O)N(C)C(=O)NCc1ccccc1. The second kappa shape index (κ2) is 6.52. The van der Waals surface area contributed by atoms with Gasteiger partial charge in [0.25, 0.3) is 0 Å². The Morgan fingerprint density at radius 3 is 2.53 bits per heavy atom. The van der Waals surface area contributed by atoms with Gasteiger partial charge >= 0.3 is 12.1 Å². The standard InChI is InChI=1S/C12H16N2O3/c1-3-17-12(16)14(2)11(15)13-9-10-7-5-4-6-8-10/h4-8H,3,9H2,1-2H3,(H,13,15). The van der Waals surface area contributed by atoms with Gasteiger partial charge < -0.3 is 10.1 Å². The molecular formula is C12H16N2O3. The van der Waals surface area contributed by atoms with Gasteiger partial charge in [0.1, 0.15) is 0 Å². The third-order valence-corrected chi connectivity index (χ3v) is 2.13. The summed E-state index contributed by atoms with van der Waals surface area (Å²) in [6, 6.07) is 8.98. The molecule has 1 N–H and O–H groups in total. The molecule has 0 saturated heterocycles. The summed E-state index contributed by atoms with van der Waals surface area (Å²) in [5.41, 5.74) is 0.970. The van der Waals surface area contributed by atoms with E-state index in [1.54, 1.807) is 6.92 Å². The zero-order chi connectivity index (χ0) is 12.7. The maximum absolute atomic E-state index is 11.5. The van der Waals surface area contributed by atoms with Crippen LogP contribution < -0.4 is 5.32 Å². The van der Waals surface area contributed by atoms with E-state index in [1.165, 1.54) is 7.05 Å². The summed E-state index contributed by atoms with van der Waals surface area (Å²) in [5.74, 6) is 0. The number of nitrogens with zero attached hydrogens (tertiary/aromatic N) is 1. The lowest BCUT2D eigenvalue weighted by molar-refractivity contribution is 0.121. The van der Waals surface area contributed by atoms with E-state index in [0.29, 0.717) is 6.54 Å². The average Bonchev–Trinajstić information content (AvgIpc) is 2.36. The molecule has 1 aromatic carbocycles. The van der Waals surface area contributed by atoms with Gasteiger partial charge in [-0.3, -0.25) is 0 Å². The van der Waals surface area contributed by atoms with E-state index < -0.39 is 12.1 Å². The highest BCUT2D eigenvalue weighted by molar-refractivity contribution is 5.90. The fourth-order valence-corrected chi connectivity index (χ4v) is 1.20. The Kier molecular flexibility index (Phi) is 5.00. The maximum Gasteiger partial charge on any atom is 0.417 e. The summed E-state index contributed by atoms with van der Waals surface area (Å²) in [5, 5.41) is 2.62. The normalized spacial score (nSPS) is 9.53. The molecule has 0 spiro atoms. The van der Waals surface area contributed by atoms with Gasteiger partial charge in [0.05, 0.1) is 6.61 Å². The van der Waals surface area contributed by atoms with Crippen LogP contribution in [0, 0.1) is 0 Å². The van der Waals surface area contributed by atoms with Gasteiger partial charge in [-0.05, 0) is 12.5 Å². The number of urea groups is 1. The third-order valence-electron chi connectivity index (χ3n) is 2.13. The molecule has 3 amide bonds. The van der Waals surface area contributed by atoms with Crippen molar-refractivity contribution in [2.24, 2.45) is 0 Å². The fraction of sp³-hybridized carbons (Fsp3) is 0.333. The number of rotatable bonds is 3. The number of nitrogens with one attached hydrogen (secondary N) is 1. The minimum atomic E-state index is -0.655. The van der Waals surface area contributed by atoms with Crippen molar-refractivity contribution in [3.8, 4) is 0 Å². The predicted molar refractivity (Wildman–Crippen MR) is 63.5 cm³/mol. The summed E-state index contributed by atoms with van der Waals surface area (Å²) in [6.45, 7) is 2.31. The number of carbonyl (C=O) groups excluding carboxylic acids is 2. The molecule has 92 valence electrons. The second-order valence-corrected chi connectivity index (χ2v) is 3.40. The number of hydrogen-bond acceptors (Lipinski definition) is 3. The van der Waals surface area contributed by atoms with E-state index in [4.69, 9.17) is 4.74 Å². The molecular weight excluding hydrogens is 220 g/mol. The number of hydrogen-bond donors (Lipinski definition) is 1. The van der Waals surface area contributed by atoms with Crippen LogP contribution in [0.4, 0.5) is 9.59 Å². The van der Waals surface area contributed by atoms with Gasteiger partial charge in [0, 0.05) is 13.6 Å². The van der Waals surface area contributed by atoms with Crippen LogP contribution in [0.5, 0.6) is 0 Å². The highest BCUT2D eigenvalue weighted by atomic mass is 16.6. The van der Waals surface area contributed by atoms with Gasteiger partial charge in [-0.15, -0.1) is 0 Å². The van der Waals surface area contributed by atoms with Crippen molar-refractivity contribution in [2.75, 3.05) is 13.7 Å². The van der Waals surface area contributed by atoms with E-state index in [9.17, 15) is 9.59 Å². The van der Waals surface area contributed by atoms with Crippen LogP contribution in [0.15, 0.2) is 30.3 Å². The lowest BCUT2D eigenvalue weighted by atomic mass is 10.2. The lowest BCUT2D eigenvalue weighted by Gasteiger charge is -2.15. The summed E-state index contributed by atoms with van der Waals surface area (Å²) < 4.78 is 4.70. The van der Waals surface area contributed by atoms with Crippen molar-refractivity contribution in [1.29, 1.82) is 0 Å². The molecule has 17 heavy (non-hydrogen) atoms. The van der Waals surface area contributed by atoms with Crippen LogP contribution in [-0.4, -0.2) is 30.7 Å². The second-order valence-electron chi connectivity index (χ2n) is 3.40. The van der Waals surface area contributed by atoms with Crippen LogP contribution in [0.2, 0.25) is 0 Å². The predicted octanol–water partition coefficient (Wildman–Crippen LogP) is 1.98. The first kappa shape index (κ1) is 13.0. The summed E-state index contributed by atoms with van der Waals surface area (Å²) in [6.07, 6.45) is -0.655. The van der Waals surface area contributed by atoms with Crippen molar-refractivity contribution in [3.05, 3.63) is 35.9 Å². The van der Waals surface area contributed by atoms with Crippen molar-refractivity contribution >= 4 is 12.1 Å². The summed E-state index contributed by atoms with van der Waals surface area (Å²) in [7, 11) is 1.37. The molecule has 0 aliphatic rings. The number of ether oxygens (including phenoxy) is 1. The van der Waals surface area contributed by atoms with Crippen LogP contribution in [0.25, 0.3) is 0 Å². The number of benzene rings is 1. The van der Waals surface area contributed by atoms with Crippen LogP contribution >= 0.6 is 0 Å². The third kappa shape index (κ3) is 4.14. The Morgan fingerprint density at radius 1 is 1.29 bits per heavy atom. The topological polar surface area (TPSA) is 58.6 Å². The van der Waals surface area contributed by atoms with Crippen LogP contribution in [-0.2, 0) is 11.3 Å². The molecule has 1 aromatic rings. The van der Waals surface area contributed by atoms with Gasteiger partial charge in [0.2, 0.25) is 0 Å².